The average Bonchev–Trinajstić information content (AvgIpc) is 1.93. The smallest absolute Gasteiger partial charge is 0.387 e. The van der Waals surface area contributed by atoms with Crippen molar-refractivity contribution < 1.29 is 13.5 Å². The molecule has 1 rings (SSSR count). The van der Waals surface area contributed by atoms with Crippen LogP contribution in [0.25, 0.3) is 0 Å². The molecule has 0 bridgehead atoms. The lowest BCUT2D eigenvalue weighted by atomic mass is 10.3. The van der Waals surface area contributed by atoms with E-state index in [2.05, 4.69) is 4.74 Å². The van der Waals surface area contributed by atoms with E-state index in [0.717, 1.165) is 0 Å². The molecule has 0 radical (unpaired) electrons. The molecule has 1 aromatic carbocycles. The van der Waals surface area contributed by atoms with Gasteiger partial charge in [0.1, 0.15) is 5.75 Å². The molecule has 60 valence electrons. The highest BCUT2D eigenvalue weighted by molar-refractivity contribution is 14.1. The van der Waals surface area contributed by atoms with E-state index in [1.165, 1.54) is 6.07 Å². The van der Waals surface area contributed by atoms with Gasteiger partial charge in [0.05, 0.1) is 3.57 Å². The molecular formula is C7H5F2IO. The highest BCUT2D eigenvalue weighted by Gasteiger charge is 2.05. The topological polar surface area (TPSA) is 9.23 Å². The van der Waals surface area contributed by atoms with Crippen LogP contribution in [0.1, 0.15) is 0 Å². The number of halogens is 3. The fraction of sp³-hybridized carbons (Fsp3) is 0.143. The third kappa shape index (κ3) is 2.61. The summed E-state index contributed by atoms with van der Waals surface area (Å²) < 4.78 is 28.2. The number of hydrogen-bond acceptors (Lipinski definition) is 1. The highest BCUT2D eigenvalue weighted by Crippen LogP contribution is 2.21. The maximum Gasteiger partial charge on any atom is 0.387 e. The van der Waals surface area contributed by atoms with Gasteiger partial charge in [-0.15, -0.1) is 0 Å². The van der Waals surface area contributed by atoms with Crippen molar-refractivity contribution in [3.05, 3.63) is 27.8 Å². The van der Waals surface area contributed by atoms with Crippen LogP contribution >= 0.6 is 22.6 Å². The van der Waals surface area contributed by atoms with E-state index in [1.54, 1.807) is 18.2 Å². The van der Waals surface area contributed by atoms with E-state index >= 15 is 0 Å². The van der Waals surface area contributed by atoms with Gasteiger partial charge in [-0.2, -0.15) is 8.78 Å². The first-order chi connectivity index (χ1) is 5.20. The SMILES string of the molecule is FC(F)Oc1ccccc1I. The molecule has 0 N–H and O–H groups in total. The molecule has 0 atom stereocenters. The molecule has 0 amide bonds. The Labute approximate surface area is 76.5 Å². The molecule has 1 nitrogen and oxygen atoms in total. The van der Waals surface area contributed by atoms with Gasteiger partial charge in [0.25, 0.3) is 0 Å². The number of alkyl halides is 2. The number of hydrogen-bond donors (Lipinski definition) is 0. The quantitative estimate of drug-likeness (QED) is 0.751. The summed E-state index contributed by atoms with van der Waals surface area (Å²) in [5.74, 6) is 0.225. The predicted molar refractivity (Wildman–Crippen MR) is 45.8 cm³/mol. The Hall–Kier alpha value is -0.390. The molecule has 11 heavy (non-hydrogen) atoms. The number of para-hydroxylation sites is 1. The normalized spacial score (nSPS) is 10.2. The Morgan fingerprint density at radius 3 is 2.45 bits per heavy atom. The summed E-state index contributed by atoms with van der Waals surface area (Å²) in [6.45, 7) is -2.74. The zero-order valence-electron chi connectivity index (χ0n) is 5.43. The second kappa shape index (κ2) is 3.85. The lowest BCUT2D eigenvalue weighted by molar-refractivity contribution is -0.0504. The molecule has 0 aliphatic heterocycles. The van der Waals surface area contributed by atoms with Crippen LogP contribution in [-0.2, 0) is 0 Å². The third-order valence-corrected chi connectivity index (χ3v) is 1.94. The molecule has 0 saturated heterocycles. The van der Waals surface area contributed by atoms with Crippen LogP contribution in [0.15, 0.2) is 24.3 Å². The highest BCUT2D eigenvalue weighted by atomic mass is 127. The van der Waals surface area contributed by atoms with Crippen LogP contribution < -0.4 is 4.74 Å². The van der Waals surface area contributed by atoms with Crippen LogP contribution in [0.2, 0.25) is 0 Å². The van der Waals surface area contributed by atoms with Crippen molar-refractivity contribution >= 4 is 22.6 Å². The van der Waals surface area contributed by atoms with Gasteiger partial charge in [0.15, 0.2) is 0 Å². The van der Waals surface area contributed by atoms with E-state index in [1.807, 2.05) is 22.6 Å². The number of rotatable bonds is 2. The third-order valence-electron chi connectivity index (χ3n) is 1.05. The van der Waals surface area contributed by atoms with Crippen molar-refractivity contribution in [2.45, 2.75) is 6.61 Å². The van der Waals surface area contributed by atoms with Crippen LogP contribution in [0, 0.1) is 3.57 Å². The van der Waals surface area contributed by atoms with E-state index in [0.29, 0.717) is 3.57 Å². The summed E-state index contributed by atoms with van der Waals surface area (Å²) in [7, 11) is 0. The van der Waals surface area contributed by atoms with Gasteiger partial charge in [-0.25, -0.2) is 0 Å². The van der Waals surface area contributed by atoms with Crippen molar-refractivity contribution in [2.75, 3.05) is 0 Å². The molecule has 0 heterocycles. The van der Waals surface area contributed by atoms with E-state index < -0.39 is 6.61 Å². The van der Waals surface area contributed by atoms with Gasteiger partial charge in [-0.1, -0.05) is 12.1 Å². The predicted octanol–water partition coefficient (Wildman–Crippen LogP) is 2.89. The van der Waals surface area contributed by atoms with Crippen LogP contribution in [0.5, 0.6) is 5.75 Å². The maximum atomic E-state index is 11.7. The van der Waals surface area contributed by atoms with Crippen LogP contribution in [0.3, 0.4) is 0 Å². The van der Waals surface area contributed by atoms with E-state index in [-0.39, 0.29) is 5.75 Å². The Morgan fingerprint density at radius 1 is 1.27 bits per heavy atom. The first kappa shape index (κ1) is 8.70. The standard InChI is InChI=1S/C7H5F2IO/c8-7(9)11-6-4-2-1-3-5(6)10/h1-4,7H. The summed E-state index contributed by atoms with van der Waals surface area (Å²) in [6.07, 6.45) is 0. The summed E-state index contributed by atoms with van der Waals surface area (Å²) in [4.78, 5) is 0. The monoisotopic (exact) mass is 270 g/mol. The average molecular weight is 270 g/mol. The minimum absolute atomic E-state index is 0.225. The minimum Gasteiger partial charge on any atom is -0.434 e. The summed E-state index contributed by atoms with van der Waals surface area (Å²) in [5, 5.41) is 0. The van der Waals surface area contributed by atoms with Crippen LogP contribution in [-0.4, -0.2) is 6.61 Å². The van der Waals surface area contributed by atoms with Crippen molar-refractivity contribution in [1.82, 2.24) is 0 Å². The summed E-state index contributed by atoms with van der Waals surface area (Å²) >= 11 is 1.94. The van der Waals surface area contributed by atoms with E-state index in [9.17, 15) is 8.78 Å². The minimum atomic E-state index is -2.74. The van der Waals surface area contributed by atoms with Gasteiger partial charge < -0.3 is 4.74 Å². The molecule has 0 saturated carbocycles. The Morgan fingerprint density at radius 2 is 1.91 bits per heavy atom. The summed E-state index contributed by atoms with van der Waals surface area (Å²) in [6, 6.07) is 6.63. The molecular weight excluding hydrogens is 265 g/mol. The lowest BCUT2D eigenvalue weighted by Crippen LogP contribution is -2.02. The molecule has 0 unspecified atom stereocenters. The molecule has 4 heteroatoms. The molecule has 0 fully saturated rings. The molecule has 1 aromatic rings. The first-order valence-corrected chi connectivity index (χ1v) is 3.97. The maximum absolute atomic E-state index is 11.7. The van der Waals surface area contributed by atoms with Gasteiger partial charge >= 0.3 is 6.61 Å². The van der Waals surface area contributed by atoms with Crippen molar-refractivity contribution in [3.8, 4) is 5.75 Å². The fourth-order valence-corrected chi connectivity index (χ4v) is 1.15. The van der Waals surface area contributed by atoms with Crippen molar-refractivity contribution in [1.29, 1.82) is 0 Å². The van der Waals surface area contributed by atoms with Gasteiger partial charge in [-0.3, -0.25) is 0 Å². The van der Waals surface area contributed by atoms with Crippen LogP contribution in [0.4, 0.5) is 8.78 Å². The zero-order chi connectivity index (χ0) is 8.27. The number of benzene rings is 1. The molecule has 0 spiro atoms. The second-order valence-electron chi connectivity index (χ2n) is 1.81. The Bertz CT molecular complexity index is 240. The zero-order valence-corrected chi connectivity index (χ0v) is 7.59. The summed E-state index contributed by atoms with van der Waals surface area (Å²) in [5.41, 5.74) is 0. The largest absolute Gasteiger partial charge is 0.434 e. The van der Waals surface area contributed by atoms with Gasteiger partial charge in [0, 0.05) is 0 Å². The molecule has 0 aliphatic rings. The number of ether oxygens (including phenoxy) is 1. The lowest BCUT2D eigenvalue weighted by Gasteiger charge is -2.04. The van der Waals surface area contributed by atoms with Gasteiger partial charge in [-0.05, 0) is 34.7 Å². The van der Waals surface area contributed by atoms with Gasteiger partial charge in [0.2, 0.25) is 0 Å². The second-order valence-corrected chi connectivity index (χ2v) is 2.97. The Kier molecular flexibility index (Phi) is 3.04. The Balaban J connectivity index is 2.78. The molecule has 0 aliphatic carbocycles. The van der Waals surface area contributed by atoms with E-state index in [4.69, 9.17) is 0 Å². The molecule has 0 aromatic heterocycles. The van der Waals surface area contributed by atoms with Crippen molar-refractivity contribution in [3.63, 3.8) is 0 Å². The first-order valence-electron chi connectivity index (χ1n) is 2.89. The fourth-order valence-electron chi connectivity index (χ4n) is 0.636. The van der Waals surface area contributed by atoms with Crippen molar-refractivity contribution in [2.24, 2.45) is 0 Å².